The number of nitro benzene ring substituents is 1. The van der Waals surface area contributed by atoms with Gasteiger partial charge in [0.05, 0.1) is 71.7 Å². The molecule has 5 aromatic rings. The van der Waals surface area contributed by atoms with Gasteiger partial charge in [-0.15, -0.1) is 0 Å². The van der Waals surface area contributed by atoms with E-state index in [-0.39, 0.29) is 53.3 Å². The molecule has 75 heavy (non-hydrogen) atoms. The Balaban J connectivity index is 0.782. The molecule has 2 aromatic heterocycles. The Bertz CT molecular complexity index is 3130. The normalized spacial score (nSPS) is 27.0. The summed E-state index contributed by atoms with van der Waals surface area (Å²) in [6.07, 6.45) is 9.58. The first-order valence-corrected chi connectivity index (χ1v) is 28.4. The van der Waals surface area contributed by atoms with Crippen LogP contribution in [0.1, 0.15) is 86.3 Å². The van der Waals surface area contributed by atoms with Gasteiger partial charge >= 0.3 is 0 Å². The highest BCUT2D eigenvalue weighted by Crippen LogP contribution is 2.55. The molecule has 396 valence electrons. The molecule has 7 aliphatic heterocycles. The molecule has 19 nitrogen and oxygen atoms in total. The van der Waals surface area contributed by atoms with E-state index >= 15 is 0 Å². The van der Waals surface area contributed by atoms with E-state index in [1.54, 1.807) is 6.07 Å². The van der Waals surface area contributed by atoms with Crippen molar-refractivity contribution in [3.05, 3.63) is 99.7 Å². The fourth-order valence-corrected chi connectivity index (χ4v) is 14.6. The highest BCUT2D eigenvalue weighted by atomic mass is 32.2. The highest BCUT2D eigenvalue weighted by Gasteiger charge is 2.50. The lowest BCUT2D eigenvalue weighted by atomic mass is 9.59. The highest BCUT2D eigenvalue weighted by molar-refractivity contribution is 7.90. The van der Waals surface area contributed by atoms with E-state index in [2.05, 4.69) is 72.7 Å². The van der Waals surface area contributed by atoms with E-state index in [9.17, 15) is 23.3 Å². The second kappa shape index (κ2) is 19.2. The first-order valence-electron chi connectivity index (χ1n) is 26.9. The van der Waals surface area contributed by atoms with Crippen molar-refractivity contribution in [3.63, 3.8) is 0 Å². The predicted molar refractivity (Wildman–Crippen MR) is 281 cm³/mol. The summed E-state index contributed by atoms with van der Waals surface area (Å²) in [6.45, 7) is 10.4. The van der Waals surface area contributed by atoms with E-state index in [4.69, 9.17) is 28.7 Å². The lowest BCUT2D eigenvalue weighted by molar-refractivity contribution is -0.384. The first kappa shape index (κ1) is 48.6. The lowest BCUT2D eigenvalue weighted by Gasteiger charge is -2.56. The minimum absolute atomic E-state index is 0.00971. The first-order chi connectivity index (χ1) is 36.4. The quantitative estimate of drug-likeness (QED) is 0.0892. The van der Waals surface area contributed by atoms with Crippen LogP contribution in [-0.2, 0) is 30.7 Å². The number of ether oxygens (including phenoxy) is 5. The molecule has 3 aromatic carbocycles. The molecular weight excluding hydrogens is 979 g/mol. The molecule has 13 rings (SSSR count). The van der Waals surface area contributed by atoms with E-state index in [1.807, 2.05) is 30.5 Å². The third kappa shape index (κ3) is 8.74. The third-order valence-electron chi connectivity index (χ3n) is 17.8. The van der Waals surface area contributed by atoms with Crippen LogP contribution < -0.4 is 29.3 Å². The summed E-state index contributed by atoms with van der Waals surface area (Å²) in [5.74, 6) is -0.538. The van der Waals surface area contributed by atoms with Crippen LogP contribution in [0.25, 0.3) is 11.0 Å². The summed E-state index contributed by atoms with van der Waals surface area (Å²) in [5.41, 5.74) is 5.60. The van der Waals surface area contributed by atoms with Crippen molar-refractivity contribution in [1.82, 2.24) is 24.5 Å². The number of aryl methyl sites for hydroxylation is 1. The van der Waals surface area contributed by atoms with Gasteiger partial charge in [0.15, 0.2) is 11.4 Å². The van der Waals surface area contributed by atoms with Crippen LogP contribution in [-0.4, -0.2) is 147 Å². The number of nitro groups is 1. The molecule has 6 atom stereocenters. The van der Waals surface area contributed by atoms with Crippen molar-refractivity contribution in [3.8, 4) is 11.6 Å². The number of amides is 1. The van der Waals surface area contributed by atoms with E-state index in [0.29, 0.717) is 81.0 Å². The van der Waals surface area contributed by atoms with Gasteiger partial charge in [0.25, 0.3) is 21.6 Å². The Labute approximate surface area is 436 Å². The molecule has 1 spiro atoms. The molecule has 8 aliphatic rings. The summed E-state index contributed by atoms with van der Waals surface area (Å²) in [7, 11) is -4.73. The fourth-order valence-electron chi connectivity index (χ4n) is 13.6. The van der Waals surface area contributed by atoms with Crippen LogP contribution in [0.3, 0.4) is 0 Å². The molecule has 1 aliphatic carbocycles. The number of pyridine rings is 1. The molecule has 9 heterocycles. The van der Waals surface area contributed by atoms with E-state index in [1.165, 1.54) is 42.9 Å². The van der Waals surface area contributed by atoms with Crippen LogP contribution >= 0.6 is 0 Å². The van der Waals surface area contributed by atoms with Crippen molar-refractivity contribution >= 4 is 55.4 Å². The molecular formula is C55H65N9O10S. The van der Waals surface area contributed by atoms with Gasteiger partial charge in [-0.3, -0.25) is 24.7 Å². The minimum Gasteiger partial charge on any atom is -0.489 e. The third-order valence-corrected chi connectivity index (χ3v) is 19.1. The standard InChI is InChI=1S/C55H65N9O10S/c1-3-34-7-4-5-8-40(34)43-9-6-17-61(43)37-25-55(26-37)14-18-60(19-15-55)36-10-11-41(45(22-36)63-44-13-20-70-32-50(44)74-54-47(63)21-35-12-16-56-52(35)58-54)53(65)59-75(68,69)39-23-46(64(66)67)51-48(24-39)73-31-42(57-51)49-27-62(33(2)28-72-49)38-29-71-30-38/h4-5,7-8,10-12,16,21-24,33,37-38,42-44,49-50,57H,3,6,9,13-15,17-20,25-32H2,1-2H3,(H,56,58)(H,59,65)/t33-,42+,43+,44-,49-,50+/m1/s1. The van der Waals surface area contributed by atoms with Gasteiger partial charge in [0.2, 0.25) is 5.88 Å². The number of carbonyl (C=O) groups is 1. The summed E-state index contributed by atoms with van der Waals surface area (Å²) in [6, 6.07) is 21.5. The second-order valence-corrected chi connectivity index (χ2v) is 23.7. The Morgan fingerprint density at radius 3 is 2.56 bits per heavy atom. The monoisotopic (exact) mass is 1040 g/mol. The Kier molecular flexibility index (Phi) is 12.4. The maximum absolute atomic E-state index is 14.9. The van der Waals surface area contributed by atoms with Gasteiger partial charge in [0, 0.05) is 73.8 Å². The number of fused-ring (bicyclic) bond motifs is 4. The minimum atomic E-state index is -4.73. The number of aromatic amines is 1. The van der Waals surface area contributed by atoms with Crippen LogP contribution in [0, 0.1) is 15.5 Å². The number of nitrogens with zero attached hydrogens (tertiary/aromatic N) is 6. The number of aromatic nitrogens is 2. The number of benzene rings is 3. The summed E-state index contributed by atoms with van der Waals surface area (Å²) in [5, 5.41) is 16.8. The van der Waals surface area contributed by atoms with Crippen LogP contribution in [0.5, 0.6) is 11.6 Å². The Morgan fingerprint density at radius 2 is 1.76 bits per heavy atom. The fraction of sp³-hybridized carbons (Fsp3) is 0.527. The number of anilines is 4. The predicted octanol–water partition coefficient (Wildman–Crippen LogP) is 7.09. The van der Waals surface area contributed by atoms with Gasteiger partial charge in [-0.05, 0) is 112 Å². The summed E-state index contributed by atoms with van der Waals surface area (Å²) < 4.78 is 61.5. The Hall–Kier alpha value is -6.03. The molecule has 0 unspecified atom stereocenters. The molecule has 1 amide bonds. The van der Waals surface area contributed by atoms with Crippen molar-refractivity contribution in [2.24, 2.45) is 5.41 Å². The average Bonchev–Trinajstić information content (AvgIpc) is 4.09. The average molecular weight is 1040 g/mol. The Morgan fingerprint density at radius 1 is 0.920 bits per heavy atom. The zero-order chi connectivity index (χ0) is 51.2. The SMILES string of the molecule is CCc1ccccc1[C@@H]1CCCN1C1CC2(CCN(c3ccc(C(=O)NS(=O)(=O)c4cc5c(c([N+](=O)[O-])c4)N[C@H]([C@H]4CN(C6COC6)[C@H](C)CO4)CO5)c(N4c5cc6cc[nH]c6nc5O[C@H]5COCC[C@H]54)c3)CC2)C1. The van der Waals surface area contributed by atoms with E-state index in [0.717, 1.165) is 56.0 Å². The van der Waals surface area contributed by atoms with Crippen molar-refractivity contribution in [1.29, 1.82) is 0 Å². The van der Waals surface area contributed by atoms with Crippen molar-refractivity contribution in [2.45, 2.75) is 119 Å². The maximum Gasteiger partial charge on any atom is 0.297 e. The molecule has 5 saturated heterocycles. The number of carbonyl (C=O) groups excluding carboxylic acids is 1. The number of likely N-dealkylation sites (tertiary alicyclic amines) is 1. The van der Waals surface area contributed by atoms with Gasteiger partial charge in [-0.1, -0.05) is 31.2 Å². The number of rotatable bonds is 11. The van der Waals surface area contributed by atoms with Gasteiger partial charge in [-0.25, -0.2) is 13.1 Å². The summed E-state index contributed by atoms with van der Waals surface area (Å²) in [4.78, 5) is 44.1. The topological polar surface area (TPSA) is 206 Å². The number of hydrogen-bond donors (Lipinski definition) is 3. The number of sulfonamides is 1. The zero-order valence-electron chi connectivity index (χ0n) is 42.4. The zero-order valence-corrected chi connectivity index (χ0v) is 43.3. The molecule has 6 fully saturated rings. The second-order valence-electron chi connectivity index (χ2n) is 22.1. The molecule has 0 radical (unpaired) electrons. The van der Waals surface area contributed by atoms with Gasteiger partial charge < -0.3 is 43.8 Å². The number of morpholine rings is 1. The molecule has 20 heteroatoms. The summed E-state index contributed by atoms with van der Waals surface area (Å²) >= 11 is 0. The number of hydrogen-bond acceptors (Lipinski definition) is 16. The smallest absolute Gasteiger partial charge is 0.297 e. The lowest BCUT2D eigenvalue weighted by Crippen LogP contribution is -2.62. The van der Waals surface area contributed by atoms with Crippen LogP contribution in [0.2, 0.25) is 0 Å². The molecule has 0 bridgehead atoms. The van der Waals surface area contributed by atoms with Crippen molar-refractivity contribution in [2.75, 3.05) is 80.9 Å². The van der Waals surface area contributed by atoms with E-state index < -0.39 is 43.6 Å². The van der Waals surface area contributed by atoms with Gasteiger partial charge in [0.1, 0.15) is 24.0 Å². The van der Waals surface area contributed by atoms with Crippen LogP contribution in [0.4, 0.5) is 28.4 Å². The number of piperidine rings is 1. The molecule has 1 saturated carbocycles. The van der Waals surface area contributed by atoms with Crippen LogP contribution in [0.15, 0.2) is 77.8 Å². The molecule has 3 N–H and O–H groups in total. The maximum atomic E-state index is 14.9. The van der Waals surface area contributed by atoms with Crippen molar-refractivity contribution < 1.29 is 41.8 Å². The number of nitrogens with one attached hydrogen (secondary N) is 3. The largest absolute Gasteiger partial charge is 0.489 e. The number of H-pyrrole nitrogens is 1. The van der Waals surface area contributed by atoms with Gasteiger partial charge in [-0.2, -0.15) is 4.98 Å².